The molecule has 2 bridgehead atoms. The van der Waals surface area contributed by atoms with Crippen LogP contribution >= 0.6 is 0 Å². The van der Waals surface area contributed by atoms with Crippen LogP contribution in [0.2, 0.25) is 0 Å². The number of fused-ring (bicyclic) bond motifs is 2. The Bertz CT molecular complexity index is 1840. The quantitative estimate of drug-likeness (QED) is 0.157. The second-order valence-corrected chi connectivity index (χ2v) is 20.8. The van der Waals surface area contributed by atoms with Crippen LogP contribution in [0.4, 0.5) is 5.69 Å². The van der Waals surface area contributed by atoms with Gasteiger partial charge >= 0.3 is 0 Å². The number of carbonyl (C=O) groups is 3. The fourth-order valence-electron chi connectivity index (χ4n) is 10.2. The summed E-state index contributed by atoms with van der Waals surface area (Å²) in [5.41, 5.74) is 4.05. The van der Waals surface area contributed by atoms with Crippen molar-refractivity contribution >= 4 is 23.4 Å². The molecule has 13 heteroatoms. The number of benzene rings is 2. The van der Waals surface area contributed by atoms with Gasteiger partial charge < -0.3 is 40.5 Å². The van der Waals surface area contributed by atoms with Gasteiger partial charge in [0, 0.05) is 80.5 Å². The van der Waals surface area contributed by atoms with Crippen LogP contribution < -0.4 is 25.6 Å². The van der Waals surface area contributed by atoms with E-state index in [4.69, 9.17) is 9.57 Å². The molecule has 340 valence electrons. The van der Waals surface area contributed by atoms with Gasteiger partial charge in [-0.1, -0.05) is 59.7 Å². The zero-order valence-corrected chi connectivity index (χ0v) is 39.6. The Morgan fingerprint density at radius 2 is 1.74 bits per heavy atom. The molecule has 6 rings (SSSR count). The summed E-state index contributed by atoms with van der Waals surface area (Å²) in [6, 6.07) is 10.9. The summed E-state index contributed by atoms with van der Waals surface area (Å²) in [7, 11) is 13.4. The number of ether oxygens (including phenoxy) is 1. The fraction of sp³-hybridized carbons (Fsp3) is 0.688. The van der Waals surface area contributed by atoms with Crippen LogP contribution in [0, 0.1) is 34.5 Å². The first-order valence-electron chi connectivity index (χ1n) is 22.3. The highest BCUT2D eigenvalue weighted by molar-refractivity contribution is 5.97. The number of amides is 3. The molecule has 1 unspecified atom stereocenters. The number of anilines is 1. The first-order chi connectivity index (χ1) is 28.5. The van der Waals surface area contributed by atoms with Gasteiger partial charge in [0.15, 0.2) is 0 Å². The van der Waals surface area contributed by atoms with Gasteiger partial charge in [0.25, 0.3) is 5.91 Å². The highest BCUT2D eigenvalue weighted by Gasteiger charge is 2.57. The number of nitrogens with one attached hydrogen (secondary N) is 3. The van der Waals surface area contributed by atoms with Gasteiger partial charge in [0.1, 0.15) is 17.9 Å². The van der Waals surface area contributed by atoms with E-state index in [-0.39, 0.29) is 53.7 Å². The normalized spacial score (nSPS) is 25.8. The number of nitrogens with zero attached hydrogens (tertiary/aromatic N) is 4. The van der Waals surface area contributed by atoms with Gasteiger partial charge in [-0.15, -0.1) is 0 Å². The minimum Gasteiger partial charge on any atom is -0.496 e. The van der Waals surface area contributed by atoms with E-state index >= 15 is 0 Å². The van der Waals surface area contributed by atoms with Crippen molar-refractivity contribution in [3.05, 3.63) is 47.5 Å². The maximum absolute atomic E-state index is 14.7. The third-order valence-corrected chi connectivity index (χ3v) is 13.6. The molecule has 13 nitrogen and oxygen atoms in total. The van der Waals surface area contributed by atoms with Crippen LogP contribution in [0.1, 0.15) is 90.1 Å². The monoisotopic (exact) mass is 848 g/mol. The molecule has 1 heterocycles. The van der Waals surface area contributed by atoms with Gasteiger partial charge in [0.05, 0.1) is 19.8 Å². The zero-order valence-electron chi connectivity index (χ0n) is 39.6. The topological polar surface area (TPSA) is 139 Å². The Labute approximate surface area is 366 Å². The average molecular weight is 848 g/mol. The molecule has 2 aromatic rings. The van der Waals surface area contributed by atoms with Crippen molar-refractivity contribution in [3.8, 4) is 16.9 Å². The molecular weight excluding hydrogens is 771 g/mol. The summed E-state index contributed by atoms with van der Waals surface area (Å²) in [5, 5.41) is 22.8. The zero-order chi connectivity index (χ0) is 45.1. The Kier molecular flexibility index (Phi) is 15.6. The third-order valence-electron chi connectivity index (χ3n) is 13.6. The average Bonchev–Trinajstić information content (AvgIpc) is 3.53. The Morgan fingerprint density at radius 1 is 1.03 bits per heavy atom. The van der Waals surface area contributed by atoms with Crippen molar-refractivity contribution in [2.75, 3.05) is 73.9 Å². The molecule has 4 N–H and O–H groups in total. The summed E-state index contributed by atoms with van der Waals surface area (Å²) >= 11 is 0. The standard InChI is InChI=1S/C48H77N7O6/c1-29-38-23-34(48(38,6)7)24-39(29)51-46(59)43-42(30(2)56)40(26-49-41(57)18-19-52(8)9)61-55(43)27-31-16-15-17-37(44(31)60-14)32-20-33(22-36(21-32)54(12)13)45(58)50-35(28-53(10)11)25-47(3,4)5/h15-17,20-22,29-30,34-35,38-40,42-43,56H,18-19,23-28H2,1-14H3,(H,49,57)(H,50,58)(H,51,59)/t29-,30-,34+,35-,38-,39-,40?,42+,43-/m0/s1. The molecule has 0 radical (unpaired) electrons. The number of hydrogen-bond acceptors (Lipinski definition) is 10. The molecule has 61 heavy (non-hydrogen) atoms. The second-order valence-electron chi connectivity index (χ2n) is 20.8. The Morgan fingerprint density at radius 3 is 2.31 bits per heavy atom. The maximum atomic E-state index is 14.7. The summed E-state index contributed by atoms with van der Waals surface area (Å²) < 4.78 is 6.19. The first-order valence-corrected chi connectivity index (χ1v) is 22.3. The number of carbonyl (C=O) groups excluding carboxylic acids is 3. The molecular formula is C48H77N7O6. The minimum absolute atomic E-state index is 0.0189. The van der Waals surface area contributed by atoms with Crippen molar-refractivity contribution in [2.24, 2.45) is 34.5 Å². The van der Waals surface area contributed by atoms with Crippen molar-refractivity contribution < 1.29 is 29.1 Å². The predicted molar refractivity (Wildman–Crippen MR) is 243 cm³/mol. The summed E-state index contributed by atoms with van der Waals surface area (Å²) in [6.45, 7) is 16.8. The lowest BCUT2D eigenvalue weighted by Gasteiger charge is -2.62. The molecule has 2 aromatic carbocycles. The molecule has 1 saturated heterocycles. The van der Waals surface area contributed by atoms with Crippen LogP contribution in [0.5, 0.6) is 5.75 Å². The number of rotatable bonds is 18. The Balaban J connectivity index is 1.48. The lowest BCUT2D eigenvalue weighted by molar-refractivity contribution is -0.177. The van der Waals surface area contributed by atoms with Crippen molar-refractivity contribution in [1.82, 2.24) is 30.8 Å². The number of aliphatic hydroxyl groups excluding tert-OH is 1. The number of likely N-dealkylation sites (N-methyl/N-ethyl adjacent to an activating group) is 1. The molecule has 9 atom stereocenters. The van der Waals surface area contributed by atoms with Gasteiger partial charge in [0.2, 0.25) is 11.8 Å². The highest BCUT2D eigenvalue weighted by atomic mass is 16.7. The number of hydrogen-bond donors (Lipinski definition) is 4. The molecule has 4 fully saturated rings. The number of methoxy groups -OCH3 is 1. The van der Waals surface area contributed by atoms with E-state index < -0.39 is 24.2 Å². The SMILES string of the molecule is COc1c(CN2OC(CNC(=O)CCN(C)C)[C@@H]([C@H](C)O)[C@H]2C(=O)N[C@H]2C[C@H]3C[C@@H]([C@@H]2C)C3(C)C)cccc1-c1cc(C(=O)N[C@H](CN(C)C)CC(C)(C)C)cc(N(C)C)c1. The van der Waals surface area contributed by atoms with Gasteiger partial charge in [-0.05, 0) is 107 Å². The fourth-order valence-corrected chi connectivity index (χ4v) is 10.2. The van der Waals surface area contributed by atoms with Gasteiger partial charge in [-0.3, -0.25) is 19.2 Å². The minimum atomic E-state index is -0.909. The smallest absolute Gasteiger partial charge is 0.251 e. The van der Waals surface area contributed by atoms with E-state index in [9.17, 15) is 19.5 Å². The highest BCUT2D eigenvalue weighted by Crippen LogP contribution is 2.61. The van der Waals surface area contributed by atoms with Crippen molar-refractivity contribution in [2.45, 2.75) is 111 Å². The number of aliphatic hydroxyl groups is 1. The van der Waals surface area contributed by atoms with E-state index in [1.807, 2.05) is 88.5 Å². The van der Waals surface area contributed by atoms with E-state index in [2.05, 4.69) is 62.4 Å². The van der Waals surface area contributed by atoms with Crippen LogP contribution in [-0.4, -0.2) is 137 Å². The van der Waals surface area contributed by atoms with Gasteiger partial charge in [-0.2, -0.15) is 5.06 Å². The molecule has 3 saturated carbocycles. The largest absolute Gasteiger partial charge is 0.496 e. The van der Waals surface area contributed by atoms with Crippen molar-refractivity contribution in [1.29, 1.82) is 0 Å². The lowest BCUT2D eigenvalue weighted by atomic mass is 9.45. The summed E-state index contributed by atoms with van der Waals surface area (Å²) in [6.07, 6.45) is 1.69. The molecule has 4 aliphatic rings. The lowest BCUT2D eigenvalue weighted by Crippen LogP contribution is -2.62. The summed E-state index contributed by atoms with van der Waals surface area (Å²) in [4.78, 5) is 54.3. The Hall–Kier alpha value is -3.75. The molecule has 0 aromatic heterocycles. The molecule has 3 aliphatic carbocycles. The first kappa shape index (κ1) is 48.3. The molecule has 0 spiro atoms. The third kappa shape index (κ3) is 11.6. The van der Waals surface area contributed by atoms with E-state index in [0.717, 1.165) is 41.8 Å². The molecule has 1 aliphatic heterocycles. The maximum Gasteiger partial charge on any atom is 0.251 e. The van der Waals surface area contributed by atoms with Crippen LogP contribution in [-0.2, 0) is 21.0 Å². The van der Waals surface area contributed by atoms with Gasteiger partial charge in [-0.25, -0.2) is 0 Å². The van der Waals surface area contributed by atoms with Crippen LogP contribution in [0.3, 0.4) is 0 Å². The van der Waals surface area contributed by atoms with Crippen molar-refractivity contribution in [3.63, 3.8) is 0 Å². The van der Waals surface area contributed by atoms with Crippen LogP contribution in [0.15, 0.2) is 36.4 Å². The molecule has 3 amide bonds. The van der Waals surface area contributed by atoms with E-state index in [0.29, 0.717) is 42.0 Å². The summed E-state index contributed by atoms with van der Waals surface area (Å²) in [5.74, 6) is 0.917. The van der Waals surface area contributed by atoms with E-state index in [1.165, 1.54) is 6.42 Å². The van der Waals surface area contributed by atoms with Crippen LogP contribution in [0.25, 0.3) is 11.1 Å². The number of hydroxylamine groups is 2. The number of para-hydroxylation sites is 1. The van der Waals surface area contributed by atoms with E-state index in [1.54, 1.807) is 19.1 Å². The second kappa shape index (κ2) is 19.7. The predicted octanol–water partition coefficient (Wildman–Crippen LogP) is 5.26.